The zero-order chi connectivity index (χ0) is 15.9. The Morgan fingerprint density at radius 1 is 1.33 bits per heavy atom. The number of anilines is 3. The van der Waals surface area contributed by atoms with E-state index in [2.05, 4.69) is 20.6 Å². The Bertz CT molecular complexity index is 849. The second kappa shape index (κ2) is 5.52. The third kappa shape index (κ3) is 2.16. The van der Waals surface area contributed by atoms with Gasteiger partial charge in [-0.25, -0.2) is 4.98 Å². The largest absolute Gasteiger partial charge is 0.449 e. The molecule has 1 saturated heterocycles. The number of nitrogens with one attached hydrogen (secondary N) is 2. The summed E-state index contributed by atoms with van der Waals surface area (Å²) in [5.41, 5.74) is 2.08. The maximum absolute atomic E-state index is 5.47. The lowest BCUT2D eigenvalue weighted by molar-refractivity contribution is 0.436. The molecule has 124 valence electrons. The van der Waals surface area contributed by atoms with E-state index < -0.39 is 0 Å². The third-order valence-corrected chi connectivity index (χ3v) is 4.96. The summed E-state index contributed by atoms with van der Waals surface area (Å²) in [6.07, 6.45) is 6.88. The minimum absolute atomic E-state index is 0.523. The molecule has 0 radical (unpaired) electrons. The van der Waals surface area contributed by atoms with Gasteiger partial charge in [-0.2, -0.15) is 9.61 Å². The molecule has 0 spiro atoms. The van der Waals surface area contributed by atoms with Gasteiger partial charge in [-0.15, -0.1) is 0 Å². The highest BCUT2D eigenvalue weighted by Gasteiger charge is 2.31. The van der Waals surface area contributed by atoms with Gasteiger partial charge in [-0.05, 0) is 31.9 Å². The van der Waals surface area contributed by atoms with Crippen LogP contribution in [0.3, 0.4) is 0 Å². The van der Waals surface area contributed by atoms with E-state index in [-0.39, 0.29) is 0 Å². The van der Waals surface area contributed by atoms with Crippen molar-refractivity contribution < 1.29 is 4.42 Å². The van der Waals surface area contributed by atoms with E-state index >= 15 is 0 Å². The molecule has 0 unspecified atom stereocenters. The van der Waals surface area contributed by atoms with Crippen LogP contribution in [0.4, 0.5) is 17.5 Å². The molecule has 2 aliphatic heterocycles. The zero-order valence-electron chi connectivity index (χ0n) is 13.4. The van der Waals surface area contributed by atoms with E-state index in [0.717, 1.165) is 49.2 Å². The van der Waals surface area contributed by atoms with Crippen LogP contribution in [0.2, 0.25) is 0 Å². The molecule has 2 N–H and O–H groups in total. The number of fused-ring (bicyclic) bond motifs is 2. The summed E-state index contributed by atoms with van der Waals surface area (Å²) in [6.45, 7) is 3.17. The molecule has 2 aliphatic rings. The lowest BCUT2D eigenvalue weighted by atomic mass is 10.1. The molecule has 7 nitrogen and oxygen atoms in total. The van der Waals surface area contributed by atoms with Gasteiger partial charge in [0.1, 0.15) is 11.6 Å². The highest BCUT2D eigenvalue weighted by molar-refractivity contribution is 5.71. The molecule has 7 heteroatoms. The average molecular weight is 324 g/mol. The standard InChI is InChI=1S/C17H20N6O/c1-3-12(11-18-7-1)22-9-6-13-16(22)20-14-5-8-19-23(14)17(13)21-15-4-2-10-24-15/h2,4-5,8,10,12,18,21H,1,3,6-7,9,11H2/t12-/m0/s1. The van der Waals surface area contributed by atoms with Gasteiger partial charge in [-0.1, -0.05) is 0 Å². The van der Waals surface area contributed by atoms with E-state index in [1.165, 1.54) is 18.4 Å². The lowest BCUT2D eigenvalue weighted by Gasteiger charge is -2.33. The molecule has 3 aromatic rings. The van der Waals surface area contributed by atoms with Crippen molar-refractivity contribution >= 4 is 23.2 Å². The topological polar surface area (TPSA) is 70.6 Å². The Morgan fingerprint density at radius 2 is 2.33 bits per heavy atom. The van der Waals surface area contributed by atoms with Gasteiger partial charge in [-0.3, -0.25) is 0 Å². The van der Waals surface area contributed by atoms with Crippen LogP contribution in [-0.2, 0) is 6.42 Å². The quantitative estimate of drug-likeness (QED) is 0.769. The number of hydrogen-bond acceptors (Lipinski definition) is 6. The minimum atomic E-state index is 0.523. The van der Waals surface area contributed by atoms with Gasteiger partial charge in [0.15, 0.2) is 11.5 Å². The van der Waals surface area contributed by atoms with Crippen molar-refractivity contribution in [3.8, 4) is 0 Å². The molecule has 1 fully saturated rings. The van der Waals surface area contributed by atoms with Crippen LogP contribution < -0.4 is 15.5 Å². The maximum atomic E-state index is 5.47. The summed E-state index contributed by atoms with van der Waals surface area (Å²) in [6, 6.07) is 6.27. The zero-order valence-corrected chi connectivity index (χ0v) is 13.4. The van der Waals surface area contributed by atoms with Crippen LogP contribution in [-0.4, -0.2) is 40.3 Å². The van der Waals surface area contributed by atoms with Crippen molar-refractivity contribution in [3.63, 3.8) is 0 Å². The average Bonchev–Trinajstić information content (AvgIpc) is 3.35. The van der Waals surface area contributed by atoms with Gasteiger partial charge >= 0.3 is 0 Å². The van der Waals surface area contributed by atoms with Crippen molar-refractivity contribution in [2.24, 2.45) is 0 Å². The first-order chi connectivity index (χ1) is 11.9. The van der Waals surface area contributed by atoms with E-state index in [4.69, 9.17) is 9.40 Å². The van der Waals surface area contributed by atoms with Crippen molar-refractivity contribution in [2.45, 2.75) is 25.3 Å². The van der Waals surface area contributed by atoms with Gasteiger partial charge < -0.3 is 20.0 Å². The highest BCUT2D eigenvalue weighted by atomic mass is 16.3. The number of nitrogens with zero attached hydrogens (tertiary/aromatic N) is 4. The molecular weight excluding hydrogens is 304 g/mol. The van der Waals surface area contributed by atoms with Gasteiger partial charge in [0.05, 0.1) is 12.5 Å². The molecule has 3 aromatic heterocycles. The molecular formula is C17H20N6O. The summed E-state index contributed by atoms with van der Waals surface area (Å²) < 4.78 is 7.33. The van der Waals surface area contributed by atoms with Crippen LogP contribution in [0, 0.1) is 0 Å². The van der Waals surface area contributed by atoms with Gasteiger partial charge in [0.2, 0.25) is 0 Å². The fraction of sp³-hybridized carbons (Fsp3) is 0.412. The second-order valence-electron chi connectivity index (χ2n) is 6.41. The Hall–Kier alpha value is -2.54. The van der Waals surface area contributed by atoms with Crippen LogP contribution in [0.5, 0.6) is 0 Å². The van der Waals surface area contributed by atoms with Crippen LogP contribution in [0.15, 0.2) is 35.1 Å². The maximum Gasteiger partial charge on any atom is 0.198 e. The minimum Gasteiger partial charge on any atom is -0.449 e. The van der Waals surface area contributed by atoms with E-state index in [1.54, 1.807) is 12.5 Å². The Morgan fingerprint density at radius 3 is 3.17 bits per heavy atom. The van der Waals surface area contributed by atoms with E-state index in [1.807, 2.05) is 22.7 Å². The number of aromatic nitrogens is 3. The lowest BCUT2D eigenvalue weighted by Crippen LogP contribution is -2.45. The van der Waals surface area contributed by atoms with Crippen LogP contribution >= 0.6 is 0 Å². The number of rotatable bonds is 3. The Kier molecular flexibility index (Phi) is 3.19. The van der Waals surface area contributed by atoms with E-state index in [0.29, 0.717) is 6.04 Å². The molecule has 24 heavy (non-hydrogen) atoms. The van der Waals surface area contributed by atoms with Crippen molar-refractivity contribution in [1.29, 1.82) is 0 Å². The first-order valence-electron chi connectivity index (χ1n) is 8.54. The summed E-state index contributed by atoms with van der Waals surface area (Å²) >= 11 is 0. The van der Waals surface area contributed by atoms with Gasteiger partial charge in [0.25, 0.3) is 0 Å². The monoisotopic (exact) mass is 324 g/mol. The number of piperidine rings is 1. The molecule has 0 aliphatic carbocycles. The molecule has 5 heterocycles. The van der Waals surface area contributed by atoms with Crippen molar-refractivity contribution in [2.75, 3.05) is 29.9 Å². The molecule has 5 rings (SSSR count). The Labute approximate surface area is 139 Å². The fourth-order valence-electron chi connectivity index (χ4n) is 3.82. The van der Waals surface area contributed by atoms with Crippen LogP contribution in [0.25, 0.3) is 5.65 Å². The van der Waals surface area contributed by atoms with Crippen molar-refractivity contribution in [1.82, 2.24) is 19.9 Å². The van der Waals surface area contributed by atoms with E-state index in [9.17, 15) is 0 Å². The summed E-state index contributed by atoms with van der Waals surface area (Å²) in [7, 11) is 0. The summed E-state index contributed by atoms with van der Waals surface area (Å²) in [4.78, 5) is 7.35. The van der Waals surface area contributed by atoms with Crippen LogP contribution in [0.1, 0.15) is 18.4 Å². The normalized spacial score (nSPS) is 20.5. The first-order valence-corrected chi connectivity index (χ1v) is 8.54. The Balaban J connectivity index is 1.60. The predicted octanol–water partition coefficient (Wildman–Crippen LogP) is 2.18. The molecule has 0 saturated carbocycles. The predicted molar refractivity (Wildman–Crippen MR) is 91.9 cm³/mol. The molecule has 1 atom stereocenters. The number of hydrogen-bond donors (Lipinski definition) is 2. The van der Waals surface area contributed by atoms with Crippen molar-refractivity contribution in [3.05, 3.63) is 36.2 Å². The molecule has 0 aromatic carbocycles. The first kappa shape index (κ1) is 13.9. The summed E-state index contributed by atoms with van der Waals surface area (Å²) in [5.74, 6) is 2.77. The smallest absolute Gasteiger partial charge is 0.198 e. The fourth-order valence-corrected chi connectivity index (χ4v) is 3.82. The molecule has 0 bridgehead atoms. The number of furan rings is 1. The summed E-state index contributed by atoms with van der Waals surface area (Å²) in [5, 5.41) is 11.3. The second-order valence-corrected chi connectivity index (χ2v) is 6.41. The SMILES string of the molecule is c1coc(Nc2c3c(nc4ccnn24)N([C@H]2CCCNC2)CC3)c1. The van der Waals surface area contributed by atoms with Gasteiger partial charge in [0, 0.05) is 36.8 Å². The highest BCUT2D eigenvalue weighted by Crippen LogP contribution is 2.36. The molecule has 0 amide bonds. The third-order valence-electron chi connectivity index (χ3n) is 4.96.